The van der Waals surface area contributed by atoms with E-state index in [9.17, 15) is 5.11 Å². The van der Waals surface area contributed by atoms with Gasteiger partial charge in [-0.05, 0) is 80.1 Å². The van der Waals surface area contributed by atoms with Gasteiger partial charge in [-0.1, -0.05) is 24.6 Å². The third kappa shape index (κ3) is 4.14. The zero-order valence-corrected chi connectivity index (χ0v) is 19.9. The van der Waals surface area contributed by atoms with Gasteiger partial charge in [0.05, 0.1) is 18.7 Å². The predicted octanol–water partition coefficient (Wildman–Crippen LogP) is 5.48. The van der Waals surface area contributed by atoms with Gasteiger partial charge < -0.3 is 9.84 Å². The van der Waals surface area contributed by atoms with Crippen molar-refractivity contribution >= 4 is 22.7 Å². The average Bonchev–Trinajstić information content (AvgIpc) is 2.84. The summed E-state index contributed by atoms with van der Waals surface area (Å²) in [5, 5.41) is 13.1. The van der Waals surface area contributed by atoms with E-state index in [1.54, 1.807) is 7.11 Å². The molecule has 2 bridgehead atoms. The number of pyridine rings is 1. The van der Waals surface area contributed by atoms with Crippen molar-refractivity contribution in [2.75, 3.05) is 20.2 Å². The molecular formula is C27H32N2O2S. The fraction of sp³-hybridized carbons (Fsp3) is 0.444. The molecule has 0 radical (unpaired) electrons. The molecule has 3 fully saturated rings. The Kier molecular flexibility index (Phi) is 6.15. The standard InChI is InChI=1S/C27H32N2O2S/c1-17-4-7-21(8-5-17)32-18(2)24-16-29-13-11-19(24)14-26(29)27(30)22-10-12-28-25-9-6-20(31-3)15-23(22)25/h4-10,12,15,18-19,24,26-27,30H,11,13-14,16H2,1-3H3/t18-,19?,24+,26?,27+/m0/s1. The van der Waals surface area contributed by atoms with E-state index in [0.29, 0.717) is 17.1 Å². The number of benzene rings is 2. The van der Waals surface area contributed by atoms with Crippen LogP contribution in [0.2, 0.25) is 0 Å². The number of fused-ring (bicyclic) bond motifs is 4. The topological polar surface area (TPSA) is 45.6 Å². The van der Waals surface area contributed by atoms with Crippen LogP contribution in [-0.4, -0.2) is 46.5 Å². The van der Waals surface area contributed by atoms with E-state index in [2.05, 4.69) is 48.0 Å². The molecule has 3 aromatic rings. The van der Waals surface area contributed by atoms with Crippen molar-refractivity contribution in [1.29, 1.82) is 0 Å². The van der Waals surface area contributed by atoms with E-state index in [4.69, 9.17) is 4.74 Å². The quantitative estimate of drug-likeness (QED) is 0.506. The molecule has 0 saturated carbocycles. The van der Waals surface area contributed by atoms with Gasteiger partial charge in [0, 0.05) is 34.3 Å². The lowest BCUT2D eigenvalue weighted by Gasteiger charge is -2.52. The van der Waals surface area contributed by atoms with Crippen molar-refractivity contribution in [2.24, 2.45) is 11.8 Å². The van der Waals surface area contributed by atoms with Gasteiger partial charge in [0.2, 0.25) is 0 Å². The Balaban J connectivity index is 1.33. The number of methoxy groups -OCH3 is 1. The summed E-state index contributed by atoms with van der Waals surface area (Å²) in [6.45, 7) is 6.67. The van der Waals surface area contributed by atoms with Gasteiger partial charge >= 0.3 is 0 Å². The first kappa shape index (κ1) is 21.7. The number of thioether (sulfide) groups is 1. The lowest BCUT2D eigenvalue weighted by molar-refractivity contribution is -0.0548. The Bertz CT molecular complexity index is 1090. The van der Waals surface area contributed by atoms with Crippen molar-refractivity contribution < 1.29 is 9.84 Å². The first-order valence-corrected chi connectivity index (χ1v) is 12.5. The van der Waals surface area contributed by atoms with Crippen LogP contribution in [0.25, 0.3) is 10.9 Å². The number of aryl methyl sites for hydroxylation is 1. The van der Waals surface area contributed by atoms with Gasteiger partial charge in [0.15, 0.2) is 0 Å². The smallest absolute Gasteiger partial charge is 0.119 e. The maximum absolute atomic E-state index is 11.5. The summed E-state index contributed by atoms with van der Waals surface area (Å²) < 4.78 is 5.43. The first-order valence-electron chi connectivity index (χ1n) is 11.6. The van der Waals surface area contributed by atoms with Crippen molar-refractivity contribution in [3.05, 3.63) is 65.9 Å². The number of ether oxygens (including phenoxy) is 1. The molecule has 0 spiro atoms. The minimum absolute atomic E-state index is 0.165. The van der Waals surface area contributed by atoms with Crippen molar-refractivity contribution in [3.8, 4) is 5.75 Å². The van der Waals surface area contributed by atoms with Crippen molar-refractivity contribution in [1.82, 2.24) is 9.88 Å². The molecule has 2 aromatic carbocycles. The zero-order chi connectivity index (χ0) is 22.2. The van der Waals surface area contributed by atoms with Crippen molar-refractivity contribution in [3.63, 3.8) is 0 Å². The Labute approximate surface area is 195 Å². The second-order valence-corrected chi connectivity index (χ2v) is 10.8. The number of rotatable bonds is 6. The van der Waals surface area contributed by atoms with Crippen LogP contribution in [0.4, 0.5) is 0 Å². The molecule has 1 N–H and O–H groups in total. The van der Waals surface area contributed by atoms with Gasteiger partial charge in [0.1, 0.15) is 5.75 Å². The average molecular weight is 449 g/mol. The van der Waals surface area contributed by atoms with Crippen LogP contribution < -0.4 is 4.74 Å². The highest BCUT2D eigenvalue weighted by molar-refractivity contribution is 8.00. The van der Waals surface area contributed by atoms with Crippen molar-refractivity contribution in [2.45, 2.75) is 49.0 Å². The number of aliphatic hydroxyl groups is 1. The molecule has 4 heterocycles. The molecule has 5 heteroatoms. The fourth-order valence-corrected chi connectivity index (χ4v) is 6.83. The number of hydrogen-bond donors (Lipinski definition) is 1. The van der Waals surface area contributed by atoms with Crippen LogP contribution in [-0.2, 0) is 0 Å². The molecule has 32 heavy (non-hydrogen) atoms. The van der Waals surface area contributed by atoms with Crippen LogP contribution in [0, 0.1) is 18.8 Å². The molecule has 3 unspecified atom stereocenters. The number of aliphatic hydroxyl groups excluding tert-OH is 1. The summed E-state index contributed by atoms with van der Waals surface area (Å²) in [6.07, 6.45) is 3.58. The molecule has 0 amide bonds. The highest BCUT2D eigenvalue weighted by atomic mass is 32.2. The lowest BCUT2D eigenvalue weighted by atomic mass is 9.72. The van der Waals surface area contributed by atoms with Crippen LogP contribution in [0.5, 0.6) is 5.75 Å². The lowest BCUT2D eigenvalue weighted by Crippen LogP contribution is -2.57. The number of hydrogen-bond acceptors (Lipinski definition) is 5. The summed E-state index contributed by atoms with van der Waals surface area (Å²) in [6, 6.07) is 16.9. The van der Waals surface area contributed by atoms with Crippen LogP contribution in [0.1, 0.15) is 37.0 Å². The second-order valence-electron chi connectivity index (χ2n) is 9.37. The molecule has 3 aliphatic heterocycles. The molecule has 3 saturated heterocycles. The van der Waals surface area contributed by atoms with E-state index in [-0.39, 0.29) is 6.04 Å². The normalized spacial score (nSPS) is 26.8. The summed E-state index contributed by atoms with van der Waals surface area (Å²) in [7, 11) is 1.68. The summed E-state index contributed by atoms with van der Waals surface area (Å²) in [5.74, 6) is 2.12. The maximum Gasteiger partial charge on any atom is 0.119 e. The maximum atomic E-state index is 11.5. The van der Waals surface area contributed by atoms with E-state index < -0.39 is 6.10 Å². The minimum Gasteiger partial charge on any atom is -0.497 e. The third-order valence-corrected chi connectivity index (χ3v) is 8.73. The van der Waals surface area contributed by atoms with Gasteiger partial charge in [0.25, 0.3) is 0 Å². The Morgan fingerprint density at radius 2 is 1.97 bits per heavy atom. The summed E-state index contributed by atoms with van der Waals surface area (Å²) in [5.41, 5.74) is 3.17. The van der Waals surface area contributed by atoms with Crippen LogP contribution in [0.15, 0.2) is 59.6 Å². The highest BCUT2D eigenvalue weighted by Crippen LogP contribution is 2.45. The number of aromatic nitrogens is 1. The van der Waals surface area contributed by atoms with Crippen LogP contribution in [0.3, 0.4) is 0 Å². The molecule has 6 rings (SSSR count). The Hall–Kier alpha value is -2.08. The minimum atomic E-state index is -0.517. The largest absolute Gasteiger partial charge is 0.497 e. The van der Waals surface area contributed by atoms with E-state index in [1.165, 1.54) is 16.9 Å². The first-order chi connectivity index (χ1) is 15.5. The number of piperidine rings is 3. The van der Waals surface area contributed by atoms with Gasteiger partial charge in [-0.15, -0.1) is 11.8 Å². The monoisotopic (exact) mass is 448 g/mol. The second kappa shape index (κ2) is 9.05. The van der Waals surface area contributed by atoms with Crippen LogP contribution >= 0.6 is 11.8 Å². The number of nitrogens with zero attached hydrogens (tertiary/aromatic N) is 2. The van der Waals surface area contributed by atoms with Gasteiger partial charge in [-0.25, -0.2) is 0 Å². The fourth-order valence-electron chi connectivity index (χ4n) is 5.63. The summed E-state index contributed by atoms with van der Waals surface area (Å²) in [4.78, 5) is 8.38. The SMILES string of the molecule is COc1ccc2nccc([C@@H](O)C3CC4CCN3C[C@@H]4[C@H](C)Sc3ccc(C)cc3)c2c1. The molecule has 4 nitrogen and oxygen atoms in total. The highest BCUT2D eigenvalue weighted by Gasteiger charge is 2.45. The molecule has 168 valence electrons. The molecular weight excluding hydrogens is 416 g/mol. The zero-order valence-electron chi connectivity index (χ0n) is 19.1. The molecule has 3 aliphatic rings. The Morgan fingerprint density at radius 1 is 1.16 bits per heavy atom. The summed E-state index contributed by atoms with van der Waals surface area (Å²) >= 11 is 2.00. The van der Waals surface area contributed by atoms with E-state index in [1.807, 2.05) is 42.2 Å². The van der Waals surface area contributed by atoms with E-state index in [0.717, 1.165) is 41.7 Å². The van der Waals surface area contributed by atoms with Gasteiger partial charge in [-0.2, -0.15) is 0 Å². The third-order valence-electron chi connectivity index (χ3n) is 7.46. The molecule has 6 atom stereocenters. The molecule has 0 aliphatic carbocycles. The predicted molar refractivity (Wildman–Crippen MR) is 131 cm³/mol. The Morgan fingerprint density at radius 3 is 2.69 bits per heavy atom. The van der Waals surface area contributed by atoms with Gasteiger partial charge in [-0.3, -0.25) is 9.88 Å². The van der Waals surface area contributed by atoms with E-state index >= 15 is 0 Å². The molecule has 1 aromatic heterocycles.